The smallest absolute Gasteiger partial charge is 0.123 e. The number of hydrogen-bond acceptors (Lipinski definition) is 1. The summed E-state index contributed by atoms with van der Waals surface area (Å²) in [7, 11) is 0. The van der Waals surface area contributed by atoms with Gasteiger partial charge in [0.15, 0.2) is 0 Å². The van der Waals surface area contributed by atoms with E-state index in [1.165, 1.54) is 25.7 Å². The van der Waals surface area contributed by atoms with Gasteiger partial charge < -0.3 is 5.11 Å². The van der Waals surface area contributed by atoms with Crippen molar-refractivity contribution in [1.29, 1.82) is 0 Å². The van der Waals surface area contributed by atoms with E-state index in [-0.39, 0.29) is 10.8 Å². The van der Waals surface area contributed by atoms with E-state index in [4.69, 9.17) is 11.6 Å². The highest BCUT2D eigenvalue weighted by Gasteiger charge is 2.38. The number of phenolic OH excluding ortho intramolecular Hbond substituents is 1. The van der Waals surface area contributed by atoms with Crippen LogP contribution in [-0.2, 0) is 10.8 Å². The molecule has 2 fully saturated rings. The zero-order valence-corrected chi connectivity index (χ0v) is 13.4. The molecule has 0 unspecified atom stereocenters. The minimum Gasteiger partial charge on any atom is -0.507 e. The molecular weight excluding hydrogens is 268 g/mol. The SMILES string of the molecule is CC1(c2cc(Cl)cc(C3(C)CCCC3)c2O)CCCC1. The van der Waals surface area contributed by atoms with Crippen molar-refractivity contribution in [3.05, 3.63) is 28.3 Å². The highest BCUT2D eigenvalue weighted by molar-refractivity contribution is 6.30. The largest absolute Gasteiger partial charge is 0.507 e. The van der Waals surface area contributed by atoms with Crippen LogP contribution in [0.5, 0.6) is 5.75 Å². The summed E-state index contributed by atoms with van der Waals surface area (Å²) in [5, 5.41) is 11.7. The van der Waals surface area contributed by atoms with Gasteiger partial charge in [0, 0.05) is 16.1 Å². The summed E-state index contributed by atoms with van der Waals surface area (Å²) in [6, 6.07) is 4.01. The quantitative estimate of drug-likeness (QED) is 0.740. The van der Waals surface area contributed by atoms with Crippen molar-refractivity contribution in [1.82, 2.24) is 0 Å². The first kappa shape index (κ1) is 14.3. The minimum atomic E-state index is 0.110. The van der Waals surface area contributed by atoms with Crippen molar-refractivity contribution in [3.63, 3.8) is 0 Å². The van der Waals surface area contributed by atoms with Gasteiger partial charge in [-0.2, -0.15) is 0 Å². The fraction of sp³-hybridized carbons (Fsp3) is 0.667. The van der Waals surface area contributed by atoms with Gasteiger partial charge in [-0.3, -0.25) is 0 Å². The summed E-state index contributed by atoms with van der Waals surface area (Å²) in [4.78, 5) is 0. The van der Waals surface area contributed by atoms with Gasteiger partial charge in [0.05, 0.1) is 0 Å². The van der Waals surface area contributed by atoms with E-state index < -0.39 is 0 Å². The third-order valence-electron chi connectivity index (χ3n) is 5.79. The van der Waals surface area contributed by atoms with E-state index in [1.54, 1.807) is 0 Å². The van der Waals surface area contributed by atoms with Gasteiger partial charge in [-0.25, -0.2) is 0 Å². The molecule has 0 bridgehead atoms. The second-order valence-electron chi connectivity index (χ2n) is 7.39. The van der Waals surface area contributed by atoms with Gasteiger partial charge >= 0.3 is 0 Å². The summed E-state index contributed by atoms with van der Waals surface area (Å²) in [5.74, 6) is 0.531. The van der Waals surface area contributed by atoms with Crippen molar-refractivity contribution in [2.24, 2.45) is 0 Å². The lowest BCUT2D eigenvalue weighted by Gasteiger charge is -2.31. The van der Waals surface area contributed by atoms with Crippen molar-refractivity contribution < 1.29 is 5.11 Å². The predicted octanol–water partition coefficient (Wildman–Crippen LogP) is 5.71. The Morgan fingerprint density at radius 2 is 1.20 bits per heavy atom. The molecule has 0 saturated heterocycles. The number of halogens is 1. The molecule has 2 heteroatoms. The third kappa shape index (κ3) is 2.24. The summed E-state index contributed by atoms with van der Waals surface area (Å²) in [6.45, 7) is 4.57. The van der Waals surface area contributed by atoms with Crippen molar-refractivity contribution in [2.75, 3.05) is 0 Å². The van der Waals surface area contributed by atoms with Crippen LogP contribution in [0.25, 0.3) is 0 Å². The molecule has 1 aromatic rings. The topological polar surface area (TPSA) is 20.2 Å². The molecule has 2 aliphatic carbocycles. The maximum absolute atomic E-state index is 10.9. The Balaban J connectivity index is 2.10. The van der Waals surface area contributed by atoms with Crippen LogP contribution in [-0.4, -0.2) is 5.11 Å². The molecule has 110 valence electrons. The third-order valence-corrected chi connectivity index (χ3v) is 6.01. The first-order valence-electron chi connectivity index (χ1n) is 7.98. The lowest BCUT2D eigenvalue weighted by atomic mass is 9.74. The zero-order valence-electron chi connectivity index (χ0n) is 12.6. The summed E-state index contributed by atoms with van der Waals surface area (Å²) < 4.78 is 0. The first-order chi connectivity index (χ1) is 9.45. The monoisotopic (exact) mass is 292 g/mol. The Morgan fingerprint density at radius 1 is 0.850 bits per heavy atom. The van der Waals surface area contributed by atoms with Crippen LogP contribution in [0.4, 0.5) is 0 Å². The highest BCUT2D eigenvalue weighted by atomic mass is 35.5. The number of phenols is 1. The van der Waals surface area contributed by atoms with Gasteiger partial charge in [-0.05, 0) is 48.6 Å². The molecule has 0 aromatic heterocycles. The van der Waals surface area contributed by atoms with Gasteiger partial charge in [-0.1, -0.05) is 51.1 Å². The molecule has 0 radical (unpaired) electrons. The lowest BCUT2D eigenvalue weighted by molar-refractivity contribution is 0.393. The average Bonchev–Trinajstić information content (AvgIpc) is 3.02. The molecule has 0 spiro atoms. The van der Waals surface area contributed by atoms with Crippen LogP contribution < -0.4 is 0 Å². The van der Waals surface area contributed by atoms with E-state index >= 15 is 0 Å². The second-order valence-corrected chi connectivity index (χ2v) is 7.82. The van der Waals surface area contributed by atoms with E-state index in [9.17, 15) is 5.11 Å². The maximum Gasteiger partial charge on any atom is 0.123 e. The van der Waals surface area contributed by atoms with Gasteiger partial charge in [0.25, 0.3) is 0 Å². The summed E-state index contributed by atoms with van der Waals surface area (Å²) >= 11 is 6.39. The average molecular weight is 293 g/mol. The van der Waals surface area contributed by atoms with E-state index in [0.717, 1.165) is 41.8 Å². The molecule has 1 aromatic carbocycles. The Kier molecular flexibility index (Phi) is 3.52. The molecular formula is C18H25ClO. The fourth-order valence-corrected chi connectivity index (χ4v) is 4.59. The van der Waals surface area contributed by atoms with Crippen LogP contribution in [0.3, 0.4) is 0 Å². The van der Waals surface area contributed by atoms with E-state index in [2.05, 4.69) is 13.8 Å². The molecule has 0 amide bonds. The molecule has 1 nitrogen and oxygen atoms in total. The van der Waals surface area contributed by atoms with Gasteiger partial charge in [0.2, 0.25) is 0 Å². The predicted molar refractivity (Wildman–Crippen MR) is 84.8 cm³/mol. The Hall–Kier alpha value is -0.690. The van der Waals surface area contributed by atoms with Gasteiger partial charge in [-0.15, -0.1) is 0 Å². The minimum absolute atomic E-state index is 0.110. The number of hydrogen-bond donors (Lipinski definition) is 1. The van der Waals surface area contributed by atoms with Crippen LogP contribution in [0.15, 0.2) is 12.1 Å². The van der Waals surface area contributed by atoms with E-state index in [0.29, 0.717) is 5.75 Å². The molecule has 0 aliphatic heterocycles. The Bertz CT molecular complexity index is 465. The van der Waals surface area contributed by atoms with Crippen molar-refractivity contribution >= 4 is 11.6 Å². The highest BCUT2D eigenvalue weighted by Crippen LogP contribution is 2.51. The number of benzene rings is 1. The molecule has 0 heterocycles. The molecule has 1 N–H and O–H groups in total. The molecule has 0 atom stereocenters. The van der Waals surface area contributed by atoms with Crippen molar-refractivity contribution in [2.45, 2.75) is 76.0 Å². The van der Waals surface area contributed by atoms with Crippen molar-refractivity contribution in [3.8, 4) is 5.75 Å². The zero-order chi connectivity index (χ0) is 14.4. The van der Waals surface area contributed by atoms with Crippen LogP contribution in [0.2, 0.25) is 5.02 Å². The fourth-order valence-electron chi connectivity index (χ4n) is 4.37. The molecule has 2 saturated carbocycles. The second kappa shape index (κ2) is 4.94. The van der Waals surface area contributed by atoms with E-state index in [1.807, 2.05) is 12.1 Å². The molecule has 20 heavy (non-hydrogen) atoms. The van der Waals surface area contributed by atoms with Crippen LogP contribution in [0, 0.1) is 0 Å². The standard InChI is InChI=1S/C18H25ClO/c1-17(7-3-4-8-17)14-11-13(19)12-15(16(14)20)18(2)9-5-6-10-18/h11-12,20H,3-10H2,1-2H3. The Morgan fingerprint density at radius 3 is 1.55 bits per heavy atom. The Labute approximate surface area is 127 Å². The first-order valence-corrected chi connectivity index (χ1v) is 8.36. The lowest BCUT2D eigenvalue weighted by Crippen LogP contribution is -2.22. The summed E-state index contributed by atoms with van der Waals surface area (Å²) in [5.41, 5.74) is 2.40. The maximum atomic E-state index is 10.9. The van der Waals surface area contributed by atoms with Gasteiger partial charge in [0.1, 0.15) is 5.75 Å². The van der Waals surface area contributed by atoms with Crippen LogP contribution in [0.1, 0.15) is 76.3 Å². The summed E-state index contributed by atoms with van der Waals surface area (Å²) in [6.07, 6.45) is 9.69. The molecule has 3 rings (SSSR count). The number of aromatic hydroxyl groups is 1. The molecule has 2 aliphatic rings. The number of rotatable bonds is 2. The normalized spacial score (nSPS) is 24.1. The van der Waals surface area contributed by atoms with Crippen LogP contribution >= 0.6 is 11.6 Å².